The molecule has 0 atom stereocenters. The average molecular weight is 598 g/mol. The standard InChI is InChI=1S/C28H29F2N7O4S/c1-17(40-2)8-11-24(38)41-16-36-13-18(12-31-36)28-33-22(15-42-28)27(39)32-21-14-37(19-6-4-3-5-7-19)35-26(21)25-20(29)9-10-23(30)34-25/h9-10,12-15,19H,1,3-8,11,16H2,2H3,(H,32,39). The van der Waals surface area contributed by atoms with Gasteiger partial charge >= 0.3 is 5.97 Å². The molecule has 5 rings (SSSR count). The number of ether oxygens (including phenoxy) is 2. The van der Waals surface area contributed by atoms with Crippen LogP contribution in [-0.4, -0.2) is 48.5 Å². The maximum absolute atomic E-state index is 14.7. The highest BCUT2D eigenvalue weighted by molar-refractivity contribution is 7.13. The number of halogens is 2. The molecular formula is C28H29F2N7O4S. The zero-order valence-corrected chi connectivity index (χ0v) is 23.7. The van der Waals surface area contributed by atoms with Crippen LogP contribution in [0.15, 0.2) is 48.4 Å². The minimum atomic E-state index is -0.854. The number of allylic oxidation sites excluding steroid dienone is 1. The van der Waals surface area contributed by atoms with E-state index in [9.17, 15) is 18.4 Å². The van der Waals surface area contributed by atoms with E-state index >= 15 is 0 Å². The number of nitrogens with one attached hydrogen (secondary N) is 1. The number of hydrogen-bond donors (Lipinski definition) is 1. The molecule has 0 spiro atoms. The van der Waals surface area contributed by atoms with Gasteiger partial charge in [0.05, 0.1) is 37.2 Å². The second kappa shape index (κ2) is 13.0. The van der Waals surface area contributed by atoms with E-state index in [2.05, 4.69) is 32.1 Å². The summed E-state index contributed by atoms with van der Waals surface area (Å²) in [4.78, 5) is 33.2. The van der Waals surface area contributed by atoms with Crippen molar-refractivity contribution in [3.8, 4) is 22.0 Å². The third kappa shape index (κ3) is 6.87. The third-order valence-electron chi connectivity index (χ3n) is 6.84. The Morgan fingerprint density at radius 2 is 1.93 bits per heavy atom. The van der Waals surface area contributed by atoms with Crippen LogP contribution in [0.4, 0.5) is 14.5 Å². The van der Waals surface area contributed by atoms with Gasteiger partial charge in [0.25, 0.3) is 5.91 Å². The summed E-state index contributed by atoms with van der Waals surface area (Å²) in [7, 11) is 1.49. The quantitative estimate of drug-likeness (QED) is 0.132. The Kier molecular flexibility index (Phi) is 9.00. The summed E-state index contributed by atoms with van der Waals surface area (Å²) in [6.07, 6.45) is 10.3. The summed E-state index contributed by atoms with van der Waals surface area (Å²) in [5.41, 5.74) is 0.719. The van der Waals surface area contributed by atoms with Gasteiger partial charge in [-0.1, -0.05) is 25.8 Å². The van der Waals surface area contributed by atoms with Crippen LogP contribution in [0.25, 0.3) is 22.0 Å². The van der Waals surface area contributed by atoms with Crippen molar-refractivity contribution >= 4 is 28.9 Å². The van der Waals surface area contributed by atoms with E-state index in [1.165, 1.54) is 23.1 Å². The van der Waals surface area contributed by atoms with E-state index < -0.39 is 23.6 Å². The van der Waals surface area contributed by atoms with E-state index in [-0.39, 0.29) is 42.0 Å². The fourth-order valence-corrected chi connectivity index (χ4v) is 5.35. The lowest BCUT2D eigenvalue weighted by Crippen LogP contribution is -2.14. The van der Waals surface area contributed by atoms with E-state index in [1.807, 2.05) is 0 Å². The van der Waals surface area contributed by atoms with Crippen LogP contribution in [-0.2, 0) is 21.0 Å². The second-order valence-corrected chi connectivity index (χ2v) is 10.6. The van der Waals surface area contributed by atoms with E-state index in [1.54, 1.807) is 28.7 Å². The van der Waals surface area contributed by atoms with Crippen molar-refractivity contribution < 1.29 is 27.8 Å². The molecule has 4 aromatic heterocycles. The first kappa shape index (κ1) is 29.0. The van der Waals surface area contributed by atoms with Gasteiger partial charge in [-0.2, -0.15) is 14.6 Å². The number of amides is 1. The molecule has 1 aliphatic rings. The zero-order chi connectivity index (χ0) is 29.6. The van der Waals surface area contributed by atoms with Crippen LogP contribution in [0.3, 0.4) is 0 Å². The molecular weight excluding hydrogens is 568 g/mol. The van der Waals surface area contributed by atoms with Crippen LogP contribution in [0, 0.1) is 11.8 Å². The first-order chi connectivity index (χ1) is 20.3. The number of pyridine rings is 1. The molecule has 0 bridgehead atoms. The van der Waals surface area contributed by atoms with Gasteiger partial charge in [-0.05, 0) is 25.0 Å². The number of nitrogens with zero attached hydrogens (tertiary/aromatic N) is 6. The van der Waals surface area contributed by atoms with Gasteiger partial charge in [0.1, 0.15) is 22.1 Å². The highest BCUT2D eigenvalue weighted by atomic mass is 32.1. The smallest absolute Gasteiger partial charge is 0.308 e. The van der Waals surface area contributed by atoms with Crippen molar-refractivity contribution in [2.24, 2.45) is 0 Å². The van der Waals surface area contributed by atoms with Crippen LogP contribution in [0.5, 0.6) is 0 Å². The van der Waals surface area contributed by atoms with Gasteiger partial charge in [-0.15, -0.1) is 11.3 Å². The maximum Gasteiger partial charge on any atom is 0.308 e. The number of carbonyl (C=O) groups is 2. The van der Waals surface area contributed by atoms with Gasteiger partial charge < -0.3 is 14.8 Å². The van der Waals surface area contributed by atoms with Crippen molar-refractivity contribution in [3.63, 3.8) is 0 Å². The van der Waals surface area contributed by atoms with Crippen molar-refractivity contribution in [1.82, 2.24) is 29.5 Å². The Hall–Kier alpha value is -4.46. The topological polar surface area (TPSA) is 126 Å². The molecule has 0 aromatic carbocycles. The fraction of sp³-hybridized carbons (Fsp3) is 0.357. The van der Waals surface area contributed by atoms with Crippen LogP contribution in [0.2, 0.25) is 0 Å². The highest BCUT2D eigenvalue weighted by Crippen LogP contribution is 2.34. The number of esters is 1. The molecule has 0 radical (unpaired) electrons. The van der Waals surface area contributed by atoms with Gasteiger partial charge in [0, 0.05) is 29.8 Å². The molecule has 1 amide bonds. The first-order valence-electron chi connectivity index (χ1n) is 13.4. The lowest BCUT2D eigenvalue weighted by Gasteiger charge is -2.21. The number of carbonyl (C=O) groups excluding carboxylic acids is 2. The summed E-state index contributed by atoms with van der Waals surface area (Å²) in [6, 6.07) is 2.00. The number of hydrogen-bond acceptors (Lipinski definition) is 9. The summed E-state index contributed by atoms with van der Waals surface area (Å²) in [5.74, 6) is -2.08. The molecule has 0 aliphatic heterocycles. The van der Waals surface area contributed by atoms with Crippen LogP contribution < -0.4 is 5.32 Å². The summed E-state index contributed by atoms with van der Waals surface area (Å²) >= 11 is 1.23. The molecule has 0 saturated heterocycles. The Morgan fingerprint density at radius 3 is 2.71 bits per heavy atom. The molecule has 220 valence electrons. The number of thiazole rings is 1. The number of methoxy groups -OCH3 is 1. The van der Waals surface area contributed by atoms with Gasteiger partial charge in [-0.25, -0.2) is 19.0 Å². The SMILES string of the molecule is C=C(CCC(=O)OCn1cc(-c2nc(C(=O)Nc3cn(C4CCCCC4)nc3-c3nc(F)ccc3F)cs2)cn1)OC. The molecule has 1 aliphatic carbocycles. The Balaban J connectivity index is 1.29. The summed E-state index contributed by atoms with van der Waals surface area (Å²) < 4.78 is 41.9. The summed E-state index contributed by atoms with van der Waals surface area (Å²) in [6.45, 7) is 3.58. The van der Waals surface area contributed by atoms with Crippen LogP contribution in [0.1, 0.15) is 61.5 Å². The molecule has 42 heavy (non-hydrogen) atoms. The molecule has 1 saturated carbocycles. The number of rotatable bonds is 11. The van der Waals surface area contributed by atoms with Crippen molar-refractivity contribution in [3.05, 3.63) is 65.9 Å². The van der Waals surface area contributed by atoms with E-state index in [4.69, 9.17) is 9.47 Å². The van der Waals surface area contributed by atoms with Crippen molar-refractivity contribution in [2.45, 2.75) is 57.7 Å². The molecule has 4 heterocycles. The average Bonchev–Trinajstić information content (AvgIpc) is 3.76. The van der Waals surface area contributed by atoms with Crippen LogP contribution >= 0.6 is 11.3 Å². The predicted molar refractivity (Wildman–Crippen MR) is 150 cm³/mol. The summed E-state index contributed by atoms with van der Waals surface area (Å²) in [5, 5.41) is 13.6. The molecule has 1 fully saturated rings. The largest absolute Gasteiger partial charge is 0.502 e. The molecule has 11 nitrogen and oxygen atoms in total. The van der Waals surface area contributed by atoms with E-state index in [0.717, 1.165) is 44.2 Å². The van der Waals surface area contributed by atoms with Gasteiger partial charge in [-0.3, -0.25) is 14.3 Å². The first-order valence-corrected chi connectivity index (χ1v) is 14.3. The second-order valence-electron chi connectivity index (χ2n) is 9.78. The molecule has 0 unspecified atom stereocenters. The zero-order valence-electron chi connectivity index (χ0n) is 22.9. The normalized spacial score (nSPS) is 13.6. The maximum atomic E-state index is 14.7. The molecule has 14 heteroatoms. The highest BCUT2D eigenvalue weighted by Gasteiger charge is 2.24. The Labute approximate surface area is 244 Å². The lowest BCUT2D eigenvalue weighted by atomic mass is 9.96. The third-order valence-corrected chi connectivity index (χ3v) is 7.73. The fourth-order valence-electron chi connectivity index (χ4n) is 4.57. The molecule has 4 aromatic rings. The Morgan fingerprint density at radius 1 is 1.12 bits per heavy atom. The van der Waals surface area contributed by atoms with Crippen molar-refractivity contribution in [2.75, 3.05) is 12.4 Å². The minimum absolute atomic E-state index is 0.0451. The monoisotopic (exact) mass is 597 g/mol. The molecule has 1 N–H and O–H groups in total. The van der Waals surface area contributed by atoms with Gasteiger partial charge in [0.15, 0.2) is 12.5 Å². The number of aromatic nitrogens is 6. The Bertz CT molecular complexity index is 1590. The van der Waals surface area contributed by atoms with Gasteiger partial charge in [0.2, 0.25) is 5.95 Å². The minimum Gasteiger partial charge on any atom is -0.502 e. The predicted octanol–water partition coefficient (Wildman–Crippen LogP) is 5.74. The lowest BCUT2D eigenvalue weighted by molar-refractivity contribution is -0.148. The number of anilines is 1. The van der Waals surface area contributed by atoms with Crippen molar-refractivity contribution in [1.29, 1.82) is 0 Å². The van der Waals surface area contributed by atoms with E-state index in [0.29, 0.717) is 22.8 Å².